The van der Waals surface area contributed by atoms with Crippen LogP contribution < -0.4 is 0 Å². The fourth-order valence-corrected chi connectivity index (χ4v) is 5.54. The van der Waals surface area contributed by atoms with E-state index in [4.69, 9.17) is 8.83 Å². The van der Waals surface area contributed by atoms with Gasteiger partial charge < -0.3 is 8.83 Å². The van der Waals surface area contributed by atoms with E-state index in [0.29, 0.717) is 18.3 Å². The second kappa shape index (κ2) is 6.74. The Kier molecular flexibility index (Phi) is 4.22. The van der Waals surface area contributed by atoms with Crippen LogP contribution in [-0.4, -0.2) is 21.6 Å². The van der Waals surface area contributed by atoms with Gasteiger partial charge in [0, 0.05) is 16.3 Å². The molecule has 4 aromatic heterocycles. The summed E-state index contributed by atoms with van der Waals surface area (Å²) in [5.74, 6) is 2.82. The Bertz CT molecular complexity index is 1060. The highest BCUT2D eigenvalue weighted by Crippen LogP contribution is 2.40. The van der Waals surface area contributed by atoms with Crippen LogP contribution in [0.5, 0.6) is 0 Å². The highest BCUT2D eigenvalue weighted by Gasteiger charge is 2.31. The number of hydrogen-bond donors (Lipinski definition) is 0. The Balaban J connectivity index is 1.44. The fourth-order valence-electron chi connectivity index (χ4n) is 3.76. The predicted octanol–water partition coefficient (Wildman–Crippen LogP) is 5.22. The van der Waals surface area contributed by atoms with E-state index in [1.165, 1.54) is 15.3 Å². The lowest BCUT2D eigenvalue weighted by Crippen LogP contribution is -2.34. The number of aromatic nitrogens is 2. The Morgan fingerprint density at radius 3 is 2.85 bits per heavy atom. The zero-order valence-electron chi connectivity index (χ0n) is 15.1. The third kappa shape index (κ3) is 3.05. The van der Waals surface area contributed by atoms with E-state index < -0.39 is 0 Å². The highest BCUT2D eigenvalue weighted by atomic mass is 32.1. The van der Waals surface area contributed by atoms with Crippen molar-refractivity contribution in [3.8, 4) is 11.5 Å². The molecule has 0 saturated carbocycles. The third-order valence-electron chi connectivity index (χ3n) is 4.95. The molecule has 1 aliphatic heterocycles. The van der Waals surface area contributed by atoms with Crippen LogP contribution in [0.15, 0.2) is 43.9 Å². The molecule has 0 fully saturated rings. The van der Waals surface area contributed by atoms with Crippen molar-refractivity contribution >= 4 is 22.7 Å². The number of hydrogen-bond acceptors (Lipinski definition) is 7. The molecule has 138 valence electrons. The van der Waals surface area contributed by atoms with Crippen molar-refractivity contribution in [1.82, 2.24) is 15.1 Å². The Morgan fingerprint density at radius 2 is 2.07 bits per heavy atom. The van der Waals surface area contributed by atoms with Gasteiger partial charge in [-0.15, -0.1) is 32.9 Å². The first-order valence-electron chi connectivity index (χ1n) is 8.92. The van der Waals surface area contributed by atoms with E-state index >= 15 is 0 Å². The monoisotopic (exact) mass is 397 g/mol. The number of aryl methyl sites for hydroxylation is 2. The van der Waals surface area contributed by atoms with E-state index in [1.807, 2.05) is 31.3 Å². The number of nitrogens with zero attached hydrogens (tertiary/aromatic N) is 3. The normalized spacial score (nSPS) is 17.3. The molecule has 5 rings (SSSR count). The Morgan fingerprint density at radius 1 is 1.15 bits per heavy atom. The molecule has 7 heteroatoms. The molecule has 0 aliphatic carbocycles. The van der Waals surface area contributed by atoms with Gasteiger partial charge in [-0.1, -0.05) is 6.07 Å². The first-order valence-corrected chi connectivity index (χ1v) is 10.7. The molecule has 0 spiro atoms. The lowest BCUT2D eigenvalue weighted by Gasteiger charge is -2.34. The van der Waals surface area contributed by atoms with Gasteiger partial charge in [-0.3, -0.25) is 4.90 Å². The Hall–Kier alpha value is -2.22. The molecular weight excluding hydrogens is 378 g/mol. The minimum atomic E-state index is 0.258. The SMILES string of the molecule is Cc1cc(-c2nnc(CN3CCc4sccc4C3c3cccs3)o2)c(C)o1. The molecule has 5 heterocycles. The van der Waals surface area contributed by atoms with Crippen molar-refractivity contribution in [2.75, 3.05) is 6.54 Å². The quantitative estimate of drug-likeness (QED) is 0.473. The second-order valence-corrected chi connectivity index (χ2v) is 8.75. The average molecular weight is 398 g/mol. The van der Waals surface area contributed by atoms with Gasteiger partial charge in [0.1, 0.15) is 11.5 Å². The second-order valence-electron chi connectivity index (χ2n) is 6.77. The average Bonchev–Trinajstić information content (AvgIpc) is 3.41. The van der Waals surface area contributed by atoms with Crippen LogP contribution >= 0.6 is 22.7 Å². The van der Waals surface area contributed by atoms with Crippen molar-refractivity contribution in [3.63, 3.8) is 0 Å². The van der Waals surface area contributed by atoms with E-state index in [1.54, 1.807) is 11.3 Å². The standard InChI is InChI=1S/C20H19N3O2S2/c1-12-10-15(13(2)24-12)20-22-21-18(25-20)11-23-7-5-16-14(6-9-27-16)19(23)17-4-3-8-26-17/h3-4,6,8-10,19H,5,7,11H2,1-2H3. The van der Waals surface area contributed by atoms with Gasteiger partial charge in [-0.05, 0) is 54.8 Å². The predicted molar refractivity (Wildman–Crippen MR) is 106 cm³/mol. The molecule has 5 nitrogen and oxygen atoms in total. The molecule has 0 saturated heterocycles. The lowest BCUT2D eigenvalue weighted by atomic mass is 9.98. The fraction of sp³-hybridized carbons (Fsp3) is 0.300. The summed E-state index contributed by atoms with van der Waals surface area (Å²) in [6.07, 6.45) is 1.07. The first kappa shape index (κ1) is 16.9. The van der Waals surface area contributed by atoms with Gasteiger partial charge in [0.2, 0.25) is 5.89 Å². The number of fused-ring (bicyclic) bond motifs is 1. The van der Waals surface area contributed by atoms with Gasteiger partial charge in [-0.25, -0.2) is 0 Å². The molecule has 1 atom stereocenters. The van der Waals surface area contributed by atoms with Crippen molar-refractivity contribution in [2.45, 2.75) is 32.9 Å². The molecule has 4 aromatic rings. The van der Waals surface area contributed by atoms with Crippen LogP contribution in [0.1, 0.15) is 38.8 Å². The molecule has 27 heavy (non-hydrogen) atoms. The minimum Gasteiger partial charge on any atom is -0.466 e. The maximum Gasteiger partial charge on any atom is 0.251 e. The summed E-state index contributed by atoms with van der Waals surface area (Å²) in [4.78, 5) is 5.28. The number of thiophene rings is 2. The maximum atomic E-state index is 5.98. The molecule has 1 aliphatic rings. The molecule has 1 unspecified atom stereocenters. The first-order chi connectivity index (χ1) is 13.2. The summed E-state index contributed by atoms with van der Waals surface area (Å²) in [6.45, 7) is 5.46. The largest absolute Gasteiger partial charge is 0.466 e. The van der Waals surface area contributed by atoms with Crippen molar-refractivity contribution in [3.05, 3.63) is 67.8 Å². The molecule has 0 bridgehead atoms. The Labute approximate surface area is 165 Å². The van der Waals surface area contributed by atoms with Gasteiger partial charge in [0.05, 0.1) is 18.2 Å². The van der Waals surface area contributed by atoms with E-state index in [-0.39, 0.29) is 6.04 Å². The van der Waals surface area contributed by atoms with Crippen LogP contribution in [0.25, 0.3) is 11.5 Å². The third-order valence-corrected chi connectivity index (χ3v) is 6.88. The van der Waals surface area contributed by atoms with Gasteiger partial charge in [-0.2, -0.15) is 0 Å². The summed E-state index contributed by atoms with van der Waals surface area (Å²) in [6, 6.07) is 8.79. The summed E-state index contributed by atoms with van der Waals surface area (Å²) in [5.41, 5.74) is 2.29. The van der Waals surface area contributed by atoms with Gasteiger partial charge >= 0.3 is 0 Å². The van der Waals surface area contributed by atoms with Gasteiger partial charge in [0.15, 0.2) is 0 Å². The van der Waals surface area contributed by atoms with Crippen LogP contribution in [-0.2, 0) is 13.0 Å². The van der Waals surface area contributed by atoms with Crippen molar-refractivity contribution in [2.24, 2.45) is 0 Å². The topological polar surface area (TPSA) is 55.3 Å². The zero-order chi connectivity index (χ0) is 18.4. The summed E-state index contributed by atoms with van der Waals surface area (Å²) in [5, 5.41) is 12.9. The molecule has 0 aromatic carbocycles. The van der Waals surface area contributed by atoms with Crippen LogP contribution in [0.2, 0.25) is 0 Å². The molecule has 0 N–H and O–H groups in total. The smallest absolute Gasteiger partial charge is 0.251 e. The summed E-state index contributed by atoms with van der Waals surface area (Å²) >= 11 is 3.66. The number of furan rings is 1. The van der Waals surface area contributed by atoms with Crippen LogP contribution in [0.3, 0.4) is 0 Å². The van der Waals surface area contributed by atoms with Crippen molar-refractivity contribution < 1.29 is 8.83 Å². The molecular formula is C20H19N3O2S2. The lowest BCUT2D eigenvalue weighted by molar-refractivity contribution is 0.189. The highest BCUT2D eigenvalue weighted by molar-refractivity contribution is 7.10. The zero-order valence-corrected chi connectivity index (χ0v) is 16.8. The van der Waals surface area contributed by atoms with E-state index in [2.05, 4.69) is 44.1 Å². The molecule has 0 radical (unpaired) electrons. The summed E-state index contributed by atoms with van der Waals surface area (Å²) in [7, 11) is 0. The van der Waals surface area contributed by atoms with E-state index in [9.17, 15) is 0 Å². The van der Waals surface area contributed by atoms with E-state index in [0.717, 1.165) is 30.0 Å². The number of rotatable bonds is 4. The van der Waals surface area contributed by atoms with Crippen LogP contribution in [0, 0.1) is 13.8 Å². The van der Waals surface area contributed by atoms with Gasteiger partial charge in [0.25, 0.3) is 5.89 Å². The molecule has 0 amide bonds. The van der Waals surface area contributed by atoms with Crippen LogP contribution in [0.4, 0.5) is 0 Å². The summed E-state index contributed by atoms with van der Waals surface area (Å²) < 4.78 is 11.6. The minimum absolute atomic E-state index is 0.258. The maximum absolute atomic E-state index is 5.98. The van der Waals surface area contributed by atoms with Crippen molar-refractivity contribution in [1.29, 1.82) is 0 Å².